The first kappa shape index (κ1) is 13.9. The van der Waals surface area contributed by atoms with Crippen LogP contribution >= 0.6 is 0 Å². The molecule has 9 heteroatoms. The second kappa shape index (κ2) is 5.61. The minimum Gasteiger partial charge on any atom is -0.375 e. The number of nitro groups is 1. The van der Waals surface area contributed by atoms with Crippen LogP contribution in [0.1, 0.15) is 0 Å². The van der Waals surface area contributed by atoms with Gasteiger partial charge in [0.25, 0.3) is 5.69 Å². The molecule has 1 unspecified atom stereocenters. The first-order valence-electron chi connectivity index (χ1n) is 5.45. The first-order chi connectivity index (χ1) is 8.99. The van der Waals surface area contributed by atoms with Crippen molar-refractivity contribution in [3.63, 3.8) is 0 Å². The van der Waals surface area contributed by atoms with E-state index in [2.05, 4.69) is 4.72 Å². The minimum atomic E-state index is -3.78. The second-order valence-corrected chi connectivity index (χ2v) is 5.52. The zero-order chi connectivity index (χ0) is 13.9. The summed E-state index contributed by atoms with van der Waals surface area (Å²) < 4.78 is 36.5. The van der Waals surface area contributed by atoms with Gasteiger partial charge in [-0.3, -0.25) is 10.1 Å². The van der Waals surface area contributed by atoms with Gasteiger partial charge in [-0.15, -0.1) is 0 Å². The molecule has 1 aliphatic heterocycles. The van der Waals surface area contributed by atoms with Crippen LogP contribution in [0.5, 0.6) is 0 Å². The first-order valence-corrected chi connectivity index (χ1v) is 6.93. The second-order valence-electron chi connectivity index (χ2n) is 3.81. The zero-order valence-corrected chi connectivity index (χ0v) is 10.6. The number of nitro benzene ring substituents is 1. The predicted octanol–water partition coefficient (Wildman–Crippen LogP) is 0.246. The van der Waals surface area contributed by atoms with Crippen molar-refractivity contribution in [3.8, 4) is 0 Å². The Bertz CT molecular complexity index is 550. The molecule has 0 bridgehead atoms. The Morgan fingerprint density at radius 2 is 1.95 bits per heavy atom. The fourth-order valence-corrected chi connectivity index (χ4v) is 2.66. The van der Waals surface area contributed by atoms with Crippen molar-refractivity contribution in [2.24, 2.45) is 0 Å². The van der Waals surface area contributed by atoms with Gasteiger partial charge in [0, 0.05) is 12.1 Å². The van der Waals surface area contributed by atoms with E-state index in [1.165, 1.54) is 12.1 Å². The van der Waals surface area contributed by atoms with E-state index in [4.69, 9.17) is 9.47 Å². The molecule has 1 aliphatic rings. The Morgan fingerprint density at radius 1 is 1.26 bits per heavy atom. The number of rotatable bonds is 4. The number of benzene rings is 1. The van der Waals surface area contributed by atoms with E-state index < -0.39 is 21.2 Å². The molecule has 2 rings (SSSR count). The Morgan fingerprint density at radius 3 is 2.47 bits per heavy atom. The summed E-state index contributed by atoms with van der Waals surface area (Å²) in [4.78, 5) is 9.82. The van der Waals surface area contributed by atoms with E-state index in [0.29, 0.717) is 13.2 Å². The molecule has 0 aliphatic carbocycles. The molecule has 1 N–H and O–H groups in total. The highest BCUT2D eigenvalue weighted by atomic mass is 32.2. The topological polar surface area (TPSA) is 108 Å². The van der Waals surface area contributed by atoms with Crippen molar-refractivity contribution in [2.75, 3.05) is 19.8 Å². The van der Waals surface area contributed by atoms with Gasteiger partial charge in [0.15, 0.2) is 0 Å². The normalized spacial score (nSPS) is 20.1. The van der Waals surface area contributed by atoms with Gasteiger partial charge in [0.2, 0.25) is 10.0 Å². The molecular formula is C10H12N2O6S. The van der Waals surface area contributed by atoms with E-state index in [1.54, 1.807) is 0 Å². The lowest BCUT2D eigenvalue weighted by Crippen LogP contribution is -2.43. The lowest BCUT2D eigenvalue weighted by molar-refractivity contribution is -0.384. The molecule has 0 saturated carbocycles. The molecule has 0 spiro atoms. The average molecular weight is 288 g/mol. The Balaban J connectivity index is 2.12. The van der Waals surface area contributed by atoms with Crippen molar-refractivity contribution in [1.29, 1.82) is 0 Å². The van der Waals surface area contributed by atoms with Crippen LogP contribution in [0.4, 0.5) is 5.69 Å². The van der Waals surface area contributed by atoms with E-state index in [0.717, 1.165) is 12.1 Å². The number of nitrogens with one attached hydrogen (secondary N) is 1. The van der Waals surface area contributed by atoms with Gasteiger partial charge in [-0.2, -0.15) is 4.72 Å². The Kier molecular flexibility index (Phi) is 4.10. The summed E-state index contributed by atoms with van der Waals surface area (Å²) in [5.41, 5.74) is -0.170. The van der Waals surface area contributed by atoms with Crippen LogP contribution in [0.15, 0.2) is 29.2 Å². The molecule has 104 valence electrons. The third-order valence-corrected chi connectivity index (χ3v) is 3.93. The van der Waals surface area contributed by atoms with E-state index in [1.807, 2.05) is 0 Å². The predicted molar refractivity (Wildman–Crippen MR) is 64.0 cm³/mol. The van der Waals surface area contributed by atoms with Crippen molar-refractivity contribution in [3.05, 3.63) is 34.4 Å². The van der Waals surface area contributed by atoms with Gasteiger partial charge in [-0.25, -0.2) is 8.42 Å². The molecule has 1 atom stereocenters. The van der Waals surface area contributed by atoms with Crippen LogP contribution in [0.25, 0.3) is 0 Å². The zero-order valence-electron chi connectivity index (χ0n) is 9.81. The summed E-state index contributed by atoms with van der Waals surface area (Å²) in [5.74, 6) is 0. The molecule has 1 fully saturated rings. The standard InChI is InChI=1S/C10H12N2O6S/c13-12(14)8-1-3-9(4-2-8)19(15,16)11-10-7-17-5-6-18-10/h1-4,10-11H,5-7H2. The molecule has 1 aromatic carbocycles. The van der Waals surface area contributed by atoms with Gasteiger partial charge < -0.3 is 9.47 Å². The van der Waals surface area contributed by atoms with Crippen LogP contribution in [-0.4, -0.2) is 39.4 Å². The summed E-state index contributed by atoms with van der Waals surface area (Å²) in [7, 11) is -3.78. The maximum atomic E-state index is 12.0. The fourth-order valence-electron chi connectivity index (χ4n) is 1.54. The van der Waals surface area contributed by atoms with E-state index in [9.17, 15) is 18.5 Å². The minimum absolute atomic E-state index is 0.0627. The quantitative estimate of drug-likeness (QED) is 0.628. The van der Waals surface area contributed by atoms with Crippen molar-refractivity contribution >= 4 is 15.7 Å². The third kappa shape index (κ3) is 3.47. The highest BCUT2D eigenvalue weighted by molar-refractivity contribution is 7.89. The number of sulfonamides is 1. The maximum Gasteiger partial charge on any atom is 0.269 e. The van der Waals surface area contributed by atoms with Crippen LogP contribution in [0, 0.1) is 10.1 Å². The number of ether oxygens (including phenoxy) is 2. The molecule has 0 radical (unpaired) electrons. The SMILES string of the molecule is O=[N+]([O-])c1ccc(S(=O)(=O)NC2COCCO2)cc1. The van der Waals surface area contributed by atoms with E-state index in [-0.39, 0.29) is 17.2 Å². The lowest BCUT2D eigenvalue weighted by atomic mass is 10.3. The van der Waals surface area contributed by atoms with Crippen molar-refractivity contribution in [2.45, 2.75) is 11.1 Å². The number of hydrogen-bond donors (Lipinski definition) is 1. The van der Waals surface area contributed by atoms with Gasteiger partial charge in [-0.1, -0.05) is 0 Å². The molecule has 1 heterocycles. The Hall–Kier alpha value is -1.55. The monoisotopic (exact) mass is 288 g/mol. The van der Waals surface area contributed by atoms with Crippen LogP contribution < -0.4 is 4.72 Å². The van der Waals surface area contributed by atoms with Crippen LogP contribution in [0.3, 0.4) is 0 Å². The third-order valence-electron chi connectivity index (χ3n) is 2.46. The highest BCUT2D eigenvalue weighted by Crippen LogP contribution is 2.16. The van der Waals surface area contributed by atoms with Gasteiger partial charge >= 0.3 is 0 Å². The molecule has 0 aromatic heterocycles. The largest absolute Gasteiger partial charge is 0.375 e. The van der Waals surface area contributed by atoms with E-state index >= 15 is 0 Å². The van der Waals surface area contributed by atoms with Crippen molar-refractivity contribution in [1.82, 2.24) is 4.72 Å². The van der Waals surface area contributed by atoms with Gasteiger partial charge in [0.1, 0.15) is 6.23 Å². The summed E-state index contributed by atoms with van der Waals surface area (Å²) >= 11 is 0. The number of non-ortho nitro benzene ring substituents is 1. The molecular weight excluding hydrogens is 276 g/mol. The molecule has 1 saturated heterocycles. The van der Waals surface area contributed by atoms with Gasteiger partial charge in [0.05, 0.1) is 29.6 Å². The summed E-state index contributed by atoms with van der Waals surface area (Å²) in [5, 5.41) is 10.5. The van der Waals surface area contributed by atoms with Crippen LogP contribution in [0.2, 0.25) is 0 Å². The molecule has 19 heavy (non-hydrogen) atoms. The average Bonchev–Trinajstić information content (AvgIpc) is 2.39. The Labute approximate surface area is 109 Å². The maximum absolute atomic E-state index is 12.0. The summed E-state index contributed by atoms with van der Waals surface area (Å²) in [6.45, 7) is 0.870. The van der Waals surface area contributed by atoms with Crippen molar-refractivity contribution < 1.29 is 22.8 Å². The number of hydrogen-bond acceptors (Lipinski definition) is 6. The molecule has 1 aromatic rings. The highest BCUT2D eigenvalue weighted by Gasteiger charge is 2.23. The number of nitrogens with zero attached hydrogens (tertiary/aromatic N) is 1. The van der Waals surface area contributed by atoms with Crippen LogP contribution in [-0.2, 0) is 19.5 Å². The molecule has 0 amide bonds. The van der Waals surface area contributed by atoms with Gasteiger partial charge in [-0.05, 0) is 12.1 Å². The smallest absolute Gasteiger partial charge is 0.269 e. The molecule has 8 nitrogen and oxygen atoms in total. The summed E-state index contributed by atoms with van der Waals surface area (Å²) in [6, 6.07) is 4.61. The fraction of sp³-hybridized carbons (Fsp3) is 0.400. The lowest BCUT2D eigenvalue weighted by Gasteiger charge is -2.23. The summed E-state index contributed by atoms with van der Waals surface area (Å²) in [6.07, 6.45) is -0.742.